The van der Waals surface area contributed by atoms with Gasteiger partial charge in [0, 0.05) is 10.4 Å². The Labute approximate surface area is 96.7 Å². The van der Waals surface area contributed by atoms with Crippen LogP contribution in [-0.2, 0) is 0 Å². The normalized spacial score (nSPS) is 10.4. The minimum Gasteiger partial charge on any atom is -0.494 e. The lowest BCUT2D eigenvalue weighted by Crippen LogP contribution is -1.89. The number of rotatable bonds is 2. The number of nitrogen functional groups attached to an aromatic ring is 1. The van der Waals surface area contributed by atoms with Gasteiger partial charge in [0.25, 0.3) is 0 Å². The van der Waals surface area contributed by atoms with Gasteiger partial charge in [0.2, 0.25) is 0 Å². The molecule has 0 bridgehead atoms. The summed E-state index contributed by atoms with van der Waals surface area (Å²) in [5.41, 5.74) is 6.48. The van der Waals surface area contributed by atoms with Crippen LogP contribution in [0.4, 0.5) is 10.2 Å². The minimum absolute atomic E-state index is 0.212. The Morgan fingerprint density at radius 2 is 2.19 bits per heavy atom. The largest absolute Gasteiger partial charge is 0.494 e. The van der Waals surface area contributed by atoms with Gasteiger partial charge in [0.05, 0.1) is 7.11 Å². The van der Waals surface area contributed by atoms with Crippen molar-refractivity contribution in [2.24, 2.45) is 0 Å². The van der Waals surface area contributed by atoms with Crippen LogP contribution >= 0.6 is 11.3 Å². The van der Waals surface area contributed by atoms with Crippen molar-refractivity contribution in [3.8, 4) is 16.3 Å². The Hall–Kier alpha value is -1.62. The van der Waals surface area contributed by atoms with Gasteiger partial charge >= 0.3 is 0 Å². The standard InChI is InChI=1S/C11H11FN2OS/c1-6-10(13)14-11(16-6)7-3-4-8(12)9(5-7)15-2/h3-5H,13H2,1-2H3. The molecule has 16 heavy (non-hydrogen) atoms. The summed E-state index contributed by atoms with van der Waals surface area (Å²) in [5.74, 6) is 0.347. The average Bonchev–Trinajstić information content (AvgIpc) is 2.60. The Morgan fingerprint density at radius 1 is 1.44 bits per heavy atom. The van der Waals surface area contributed by atoms with Crippen molar-refractivity contribution in [1.29, 1.82) is 0 Å². The van der Waals surface area contributed by atoms with Crippen molar-refractivity contribution in [2.75, 3.05) is 12.8 Å². The number of thiazole rings is 1. The van der Waals surface area contributed by atoms with E-state index in [2.05, 4.69) is 4.98 Å². The monoisotopic (exact) mass is 238 g/mol. The van der Waals surface area contributed by atoms with E-state index < -0.39 is 0 Å². The fraction of sp³-hybridized carbons (Fsp3) is 0.182. The first kappa shape index (κ1) is 10.9. The molecule has 0 spiro atoms. The van der Waals surface area contributed by atoms with Gasteiger partial charge < -0.3 is 10.5 Å². The number of anilines is 1. The highest BCUT2D eigenvalue weighted by Crippen LogP contribution is 2.31. The predicted octanol–water partition coefficient (Wildman–Crippen LogP) is 2.85. The van der Waals surface area contributed by atoms with Gasteiger partial charge in [-0.25, -0.2) is 9.37 Å². The highest BCUT2D eigenvalue weighted by molar-refractivity contribution is 7.15. The van der Waals surface area contributed by atoms with E-state index in [1.165, 1.54) is 24.5 Å². The number of hydrogen-bond donors (Lipinski definition) is 1. The fourth-order valence-electron chi connectivity index (χ4n) is 1.32. The smallest absolute Gasteiger partial charge is 0.165 e. The number of benzene rings is 1. The number of nitrogens with two attached hydrogens (primary N) is 1. The minimum atomic E-state index is -0.382. The Bertz CT molecular complexity index is 505. The van der Waals surface area contributed by atoms with Gasteiger partial charge in [0.15, 0.2) is 11.6 Å². The molecule has 0 aliphatic rings. The fourth-order valence-corrected chi connectivity index (χ4v) is 2.15. The van der Waals surface area contributed by atoms with Crippen molar-refractivity contribution in [3.05, 3.63) is 28.9 Å². The third kappa shape index (κ3) is 1.86. The molecule has 0 fully saturated rings. The maximum absolute atomic E-state index is 13.2. The van der Waals surface area contributed by atoms with Crippen LogP contribution in [0.15, 0.2) is 18.2 Å². The molecule has 0 saturated heterocycles. The van der Waals surface area contributed by atoms with Gasteiger partial charge in [-0.3, -0.25) is 0 Å². The second-order valence-electron chi connectivity index (χ2n) is 3.31. The summed E-state index contributed by atoms with van der Waals surface area (Å²) in [6, 6.07) is 4.64. The molecule has 0 amide bonds. The zero-order valence-electron chi connectivity index (χ0n) is 8.95. The highest BCUT2D eigenvalue weighted by Gasteiger charge is 2.10. The van der Waals surface area contributed by atoms with Crippen LogP contribution in [0.2, 0.25) is 0 Å². The van der Waals surface area contributed by atoms with Crippen LogP contribution in [0.3, 0.4) is 0 Å². The van der Waals surface area contributed by atoms with Crippen molar-refractivity contribution >= 4 is 17.2 Å². The van der Waals surface area contributed by atoms with E-state index in [4.69, 9.17) is 10.5 Å². The number of nitrogens with zero attached hydrogens (tertiary/aromatic N) is 1. The van der Waals surface area contributed by atoms with Crippen molar-refractivity contribution in [1.82, 2.24) is 4.98 Å². The van der Waals surface area contributed by atoms with Crippen molar-refractivity contribution < 1.29 is 9.13 Å². The molecule has 1 heterocycles. The zero-order valence-corrected chi connectivity index (χ0v) is 9.77. The molecule has 2 aromatic rings. The van der Waals surface area contributed by atoms with Gasteiger partial charge in [-0.2, -0.15) is 0 Å². The van der Waals surface area contributed by atoms with E-state index in [0.29, 0.717) is 5.82 Å². The molecule has 1 aromatic heterocycles. The molecule has 0 atom stereocenters. The van der Waals surface area contributed by atoms with E-state index in [9.17, 15) is 4.39 Å². The number of ether oxygens (including phenoxy) is 1. The van der Waals surface area contributed by atoms with E-state index in [-0.39, 0.29) is 11.6 Å². The quantitative estimate of drug-likeness (QED) is 0.875. The number of aromatic nitrogens is 1. The summed E-state index contributed by atoms with van der Waals surface area (Å²) < 4.78 is 18.1. The van der Waals surface area contributed by atoms with E-state index in [0.717, 1.165) is 15.4 Å². The first-order chi connectivity index (χ1) is 7.61. The van der Waals surface area contributed by atoms with Gasteiger partial charge in [-0.15, -0.1) is 11.3 Å². The lowest BCUT2D eigenvalue weighted by molar-refractivity contribution is 0.387. The van der Waals surface area contributed by atoms with E-state index in [1.807, 2.05) is 6.92 Å². The second kappa shape index (κ2) is 4.09. The first-order valence-electron chi connectivity index (χ1n) is 4.68. The summed E-state index contributed by atoms with van der Waals surface area (Å²) in [6.45, 7) is 1.90. The summed E-state index contributed by atoms with van der Waals surface area (Å²) >= 11 is 1.48. The number of methoxy groups -OCH3 is 1. The molecule has 84 valence electrons. The predicted molar refractivity (Wildman–Crippen MR) is 63.2 cm³/mol. The molecular weight excluding hydrogens is 227 g/mol. The van der Waals surface area contributed by atoms with Crippen LogP contribution in [-0.4, -0.2) is 12.1 Å². The third-order valence-corrected chi connectivity index (χ3v) is 3.27. The van der Waals surface area contributed by atoms with Gasteiger partial charge in [-0.05, 0) is 25.1 Å². The molecule has 2 N–H and O–H groups in total. The summed E-state index contributed by atoms with van der Waals surface area (Å²) in [7, 11) is 1.43. The van der Waals surface area contributed by atoms with Crippen molar-refractivity contribution in [3.63, 3.8) is 0 Å². The summed E-state index contributed by atoms with van der Waals surface area (Å²) in [4.78, 5) is 5.16. The molecule has 0 saturated carbocycles. The van der Waals surface area contributed by atoms with E-state index >= 15 is 0 Å². The molecule has 0 unspecified atom stereocenters. The van der Waals surface area contributed by atoms with Crippen LogP contribution in [0, 0.1) is 12.7 Å². The molecule has 1 aromatic carbocycles. The highest BCUT2D eigenvalue weighted by atomic mass is 32.1. The molecule has 0 radical (unpaired) electrons. The first-order valence-corrected chi connectivity index (χ1v) is 5.50. The maximum Gasteiger partial charge on any atom is 0.165 e. The summed E-state index contributed by atoms with van der Waals surface area (Å²) in [6.07, 6.45) is 0. The lowest BCUT2D eigenvalue weighted by Gasteiger charge is -2.03. The third-order valence-electron chi connectivity index (χ3n) is 2.23. The Balaban J connectivity index is 2.48. The number of halogens is 1. The maximum atomic E-state index is 13.2. The SMILES string of the molecule is COc1cc(-c2nc(N)c(C)s2)ccc1F. The lowest BCUT2D eigenvalue weighted by atomic mass is 10.2. The molecule has 0 aliphatic carbocycles. The van der Waals surface area contributed by atoms with E-state index in [1.54, 1.807) is 12.1 Å². The average molecular weight is 238 g/mol. The van der Waals surface area contributed by atoms with Crippen LogP contribution in [0.25, 0.3) is 10.6 Å². The molecule has 2 rings (SSSR count). The topological polar surface area (TPSA) is 48.1 Å². The van der Waals surface area contributed by atoms with Crippen LogP contribution in [0.1, 0.15) is 4.88 Å². The van der Waals surface area contributed by atoms with Crippen LogP contribution in [0.5, 0.6) is 5.75 Å². The second-order valence-corrected chi connectivity index (χ2v) is 4.51. The molecule has 0 aliphatic heterocycles. The van der Waals surface area contributed by atoms with Crippen LogP contribution < -0.4 is 10.5 Å². The van der Waals surface area contributed by atoms with Crippen molar-refractivity contribution in [2.45, 2.75) is 6.92 Å². The molecular formula is C11H11FN2OS. The molecule has 5 heteroatoms. The number of aryl methyl sites for hydroxylation is 1. The Kier molecular flexibility index (Phi) is 2.78. The molecule has 3 nitrogen and oxygen atoms in total. The Morgan fingerprint density at radius 3 is 2.75 bits per heavy atom. The summed E-state index contributed by atoms with van der Waals surface area (Å²) in [5, 5.41) is 0.772. The number of hydrogen-bond acceptors (Lipinski definition) is 4. The van der Waals surface area contributed by atoms with Gasteiger partial charge in [0.1, 0.15) is 10.8 Å². The van der Waals surface area contributed by atoms with Gasteiger partial charge in [-0.1, -0.05) is 0 Å². The zero-order chi connectivity index (χ0) is 11.7.